The lowest BCUT2D eigenvalue weighted by atomic mass is 9.97. The van der Waals surface area contributed by atoms with E-state index in [4.69, 9.17) is 39.0 Å². The lowest BCUT2D eigenvalue weighted by molar-refractivity contribution is -0.280. The van der Waals surface area contributed by atoms with Crippen molar-refractivity contribution < 1.29 is 24.8 Å². The monoisotopic (exact) mass is 381 g/mol. The van der Waals surface area contributed by atoms with Gasteiger partial charge in [0, 0.05) is 5.88 Å². The number of aliphatic hydroxyl groups excluding tert-OH is 3. The van der Waals surface area contributed by atoms with Crippen molar-refractivity contribution in [1.29, 1.82) is 0 Å². The summed E-state index contributed by atoms with van der Waals surface area (Å²) in [4.78, 5) is 0. The molecule has 0 aliphatic carbocycles. The van der Waals surface area contributed by atoms with Crippen molar-refractivity contribution in [3.05, 3.63) is 11.9 Å². The predicted octanol–water partition coefficient (Wildman–Crippen LogP) is -2.15. The summed E-state index contributed by atoms with van der Waals surface area (Å²) in [6.45, 7) is -0.0472. The Bertz CT molecular complexity index is 550. The summed E-state index contributed by atoms with van der Waals surface area (Å²) in [7, 11) is 0. The first kappa shape index (κ1) is 19.2. The largest absolute Gasteiger partial charge is 0.394 e. The van der Waals surface area contributed by atoms with Crippen LogP contribution in [0.4, 0.5) is 0 Å². The van der Waals surface area contributed by atoms with E-state index >= 15 is 0 Å². The molecule has 0 radical (unpaired) electrons. The zero-order valence-electron chi connectivity index (χ0n) is 12.7. The molecule has 0 saturated carbocycles. The van der Waals surface area contributed by atoms with Crippen LogP contribution in [0.2, 0.25) is 0 Å². The molecule has 1 aromatic heterocycles. The number of nitrogens with zero attached hydrogens (tertiary/aromatic N) is 3. The Morgan fingerprint density at radius 2 is 2.25 bits per heavy atom. The fraction of sp³-hybridized carbons (Fsp3) is 0.750. The van der Waals surface area contributed by atoms with Crippen LogP contribution in [0.15, 0.2) is 6.20 Å². The van der Waals surface area contributed by atoms with Gasteiger partial charge in [-0.15, -0.1) is 16.7 Å². The van der Waals surface area contributed by atoms with Crippen LogP contribution < -0.4 is 11.1 Å². The smallest absolute Gasteiger partial charge is 0.183 e. The van der Waals surface area contributed by atoms with Crippen LogP contribution in [0, 0.1) is 0 Å². The summed E-state index contributed by atoms with van der Waals surface area (Å²) in [5.41, 5.74) is 5.87. The van der Waals surface area contributed by atoms with Gasteiger partial charge in [0.2, 0.25) is 0 Å². The number of hydrogen-bond acceptors (Lipinski definition) is 8. The summed E-state index contributed by atoms with van der Waals surface area (Å²) in [5.74, 6) is 0.218. The maximum atomic E-state index is 10.4. The van der Waals surface area contributed by atoms with Crippen molar-refractivity contribution in [2.75, 3.05) is 19.1 Å². The van der Waals surface area contributed by atoms with Gasteiger partial charge < -0.3 is 35.8 Å². The molecule has 5 atom stereocenters. The van der Waals surface area contributed by atoms with E-state index in [1.165, 1.54) is 4.68 Å². The molecule has 0 amide bonds. The van der Waals surface area contributed by atoms with E-state index in [0.29, 0.717) is 5.69 Å². The molecule has 2 unspecified atom stereocenters. The lowest BCUT2D eigenvalue weighted by Crippen LogP contribution is -2.57. The SMILES string of the molecule is NC(=S)NCc1cn(C2[C@@H](OCCCl)OC(CO)[C@@H](O)[C@@H]2O)nn1. The van der Waals surface area contributed by atoms with Crippen LogP contribution in [-0.4, -0.2) is 79.1 Å². The van der Waals surface area contributed by atoms with Crippen molar-refractivity contribution in [2.24, 2.45) is 5.73 Å². The van der Waals surface area contributed by atoms with E-state index in [0.717, 1.165) is 0 Å². The molecule has 0 bridgehead atoms. The Balaban J connectivity index is 2.18. The van der Waals surface area contributed by atoms with Crippen molar-refractivity contribution in [3.8, 4) is 0 Å². The number of rotatable bonds is 7. The van der Waals surface area contributed by atoms with Gasteiger partial charge in [-0.1, -0.05) is 5.21 Å². The number of alkyl halides is 1. The minimum atomic E-state index is -1.31. The van der Waals surface area contributed by atoms with E-state index in [1.54, 1.807) is 6.20 Å². The van der Waals surface area contributed by atoms with E-state index < -0.39 is 37.3 Å². The molecule has 0 aromatic carbocycles. The van der Waals surface area contributed by atoms with E-state index in [9.17, 15) is 15.3 Å². The van der Waals surface area contributed by atoms with E-state index in [-0.39, 0.29) is 24.1 Å². The molecule has 6 N–H and O–H groups in total. The Hall–Kier alpha value is -1.08. The standard InChI is InChI=1S/C12H20ClN5O5S/c13-1-2-22-11-8(10(21)9(20)7(5-19)23-11)18-4-6(16-17-18)3-15-12(14)24/h4,7-11,19-21H,1-3,5H2,(H3,14,15,24)/t7?,8?,9-,10-,11+/m1/s1. The van der Waals surface area contributed by atoms with Gasteiger partial charge in [-0.3, -0.25) is 0 Å². The van der Waals surface area contributed by atoms with Crippen molar-refractivity contribution in [3.63, 3.8) is 0 Å². The highest BCUT2D eigenvalue weighted by molar-refractivity contribution is 7.80. The summed E-state index contributed by atoms with van der Waals surface area (Å²) < 4.78 is 12.3. The average molecular weight is 382 g/mol. The van der Waals surface area contributed by atoms with Gasteiger partial charge in [0.15, 0.2) is 11.4 Å². The quantitative estimate of drug-likeness (QED) is 0.261. The highest BCUT2D eigenvalue weighted by atomic mass is 35.5. The average Bonchev–Trinajstić information content (AvgIpc) is 3.02. The highest BCUT2D eigenvalue weighted by Crippen LogP contribution is 2.30. The number of ether oxygens (including phenoxy) is 2. The molecule has 12 heteroatoms. The van der Waals surface area contributed by atoms with Crippen molar-refractivity contribution in [2.45, 2.75) is 37.2 Å². The molecular weight excluding hydrogens is 362 g/mol. The molecule has 1 saturated heterocycles. The van der Waals surface area contributed by atoms with Crippen LogP contribution in [0.5, 0.6) is 0 Å². The van der Waals surface area contributed by atoms with Crippen LogP contribution in [0.3, 0.4) is 0 Å². The number of thiocarbonyl (C=S) groups is 1. The zero-order chi connectivity index (χ0) is 17.7. The Morgan fingerprint density at radius 1 is 1.50 bits per heavy atom. The number of halogens is 1. The number of aromatic nitrogens is 3. The molecular formula is C12H20ClN5O5S. The van der Waals surface area contributed by atoms with Crippen LogP contribution >= 0.6 is 23.8 Å². The third kappa shape index (κ3) is 4.51. The van der Waals surface area contributed by atoms with Crippen molar-refractivity contribution in [1.82, 2.24) is 20.3 Å². The molecule has 136 valence electrons. The van der Waals surface area contributed by atoms with E-state index in [1.807, 2.05) is 0 Å². The second kappa shape index (κ2) is 8.85. The third-order valence-electron chi connectivity index (χ3n) is 3.51. The normalized spacial score (nSPS) is 30.2. The van der Waals surface area contributed by atoms with Gasteiger partial charge in [0.05, 0.1) is 26.0 Å². The molecule has 1 aromatic rings. The first-order valence-corrected chi connectivity index (χ1v) is 8.16. The van der Waals surface area contributed by atoms with Gasteiger partial charge in [-0.2, -0.15) is 0 Å². The van der Waals surface area contributed by atoms with Crippen molar-refractivity contribution >= 4 is 28.9 Å². The maximum Gasteiger partial charge on any atom is 0.183 e. The third-order valence-corrected chi connectivity index (χ3v) is 3.81. The predicted molar refractivity (Wildman–Crippen MR) is 87.1 cm³/mol. The molecule has 1 aliphatic rings. The van der Waals surface area contributed by atoms with Crippen LogP contribution in [0.25, 0.3) is 0 Å². The molecule has 0 spiro atoms. The molecule has 1 aliphatic heterocycles. The van der Waals surface area contributed by atoms with Crippen LogP contribution in [-0.2, 0) is 16.0 Å². The molecule has 2 heterocycles. The van der Waals surface area contributed by atoms with Gasteiger partial charge >= 0.3 is 0 Å². The second-order valence-electron chi connectivity index (χ2n) is 5.16. The fourth-order valence-corrected chi connectivity index (χ4v) is 2.53. The fourth-order valence-electron chi connectivity index (χ4n) is 2.36. The lowest BCUT2D eigenvalue weighted by Gasteiger charge is -2.41. The number of nitrogens with one attached hydrogen (secondary N) is 1. The summed E-state index contributed by atoms with van der Waals surface area (Å²) >= 11 is 10.3. The molecule has 24 heavy (non-hydrogen) atoms. The Morgan fingerprint density at radius 3 is 2.88 bits per heavy atom. The minimum absolute atomic E-state index is 0.120. The molecule has 10 nitrogen and oxygen atoms in total. The zero-order valence-corrected chi connectivity index (χ0v) is 14.2. The first-order chi connectivity index (χ1) is 11.5. The highest BCUT2D eigenvalue weighted by Gasteiger charge is 2.46. The minimum Gasteiger partial charge on any atom is -0.394 e. The van der Waals surface area contributed by atoms with Crippen LogP contribution in [0.1, 0.15) is 11.7 Å². The first-order valence-electron chi connectivity index (χ1n) is 7.22. The van der Waals surface area contributed by atoms with E-state index in [2.05, 4.69) is 15.6 Å². The number of hydrogen-bond donors (Lipinski definition) is 5. The maximum absolute atomic E-state index is 10.4. The molecule has 2 rings (SSSR count). The second-order valence-corrected chi connectivity index (χ2v) is 5.98. The number of aliphatic hydroxyl groups is 3. The van der Waals surface area contributed by atoms with Gasteiger partial charge in [0.1, 0.15) is 30.0 Å². The summed E-state index contributed by atoms with van der Waals surface area (Å²) in [6, 6.07) is -0.864. The summed E-state index contributed by atoms with van der Waals surface area (Å²) in [6.07, 6.45) is -2.98. The Kier molecular flexibility index (Phi) is 7.10. The van der Waals surface area contributed by atoms with Gasteiger partial charge in [0.25, 0.3) is 0 Å². The van der Waals surface area contributed by atoms with Gasteiger partial charge in [-0.05, 0) is 12.2 Å². The topological polar surface area (TPSA) is 148 Å². The Labute approximate surface area is 148 Å². The number of nitrogens with two attached hydrogens (primary N) is 1. The van der Waals surface area contributed by atoms with Gasteiger partial charge in [-0.25, -0.2) is 4.68 Å². The molecule has 1 fully saturated rings. The summed E-state index contributed by atoms with van der Waals surface area (Å²) in [5, 5.41) is 40.4.